The second kappa shape index (κ2) is 7.64. The quantitative estimate of drug-likeness (QED) is 0.369. The summed E-state index contributed by atoms with van der Waals surface area (Å²) in [4.78, 5) is 12.7. The normalized spacial score (nSPS) is 40.5. The summed E-state index contributed by atoms with van der Waals surface area (Å²) in [5, 5.41) is 0. The van der Waals surface area contributed by atoms with Gasteiger partial charge in [-0.15, -0.1) is 0 Å². The van der Waals surface area contributed by atoms with Gasteiger partial charge in [0.05, 0.1) is 5.56 Å². The van der Waals surface area contributed by atoms with Crippen molar-refractivity contribution in [2.45, 2.75) is 85.2 Å². The molecule has 0 bridgehead atoms. The van der Waals surface area contributed by atoms with Crippen molar-refractivity contribution in [3.05, 3.63) is 58.7 Å². The number of carbonyl (C=O) groups excluding carboxylic acids is 1. The van der Waals surface area contributed by atoms with E-state index in [1.54, 1.807) is 11.1 Å². The van der Waals surface area contributed by atoms with Crippen LogP contribution in [-0.2, 0) is 4.74 Å². The first-order valence-electron chi connectivity index (χ1n) is 12.5. The minimum atomic E-state index is -0.153. The SMILES string of the molecule is C/C=C1/CC[C@H]2[C@@H]3CC[C@@H]4C[C@@H](OC(=O)c5ccc(C)cc5)CC[C@]4(C)C3=CC[C@]12C. The topological polar surface area (TPSA) is 26.3 Å². The maximum absolute atomic E-state index is 12.7. The van der Waals surface area contributed by atoms with Gasteiger partial charge in [-0.1, -0.05) is 54.8 Å². The van der Waals surface area contributed by atoms with Crippen LogP contribution in [0.5, 0.6) is 0 Å². The first-order valence-corrected chi connectivity index (χ1v) is 12.5. The molecule has 2 heteroatoms. The van der Waals surface area contributed by atoms with Crippen LogP contribution in [0.25, 0.3) is 0 Å². The lowest BCUT2D eigenvalue weighted by molar-refractivity contribution is -0.0259. The molecule has 0 radical (unpaired) electrons. The van der Waals surface area contributed by atoms with E-state index in [-0.39, 0.29) is 12.1 Å². The van der Waals surface area contributed by atoms with Crippen LogP contribution in [0.2, 0.25) is 0 Å². The van der Waals surface area contributed by atoms with Gasteiger partial charge in [0.25, 0.3) is 0 Å². The van der Waals surface area contributed by atoms with Crippen LogP contribution < -0.4 is 0 Å². The fourth-order valence-electron chi connectivity index (χ4n) is 7.83. The van der Waals surface area contributed by atoms with E-state index in [4.69, 9.17) is 4.74 Å². The number of fused-ring (bicyclic) bond motifs is 5. The van der Waals surface area contributed by atoms with E-state index in [0.29, 0.717) is 22.3 Å². The maximum atomic E-state index is 12.7. The van der Waals surface area contributed by atoms with Gasteiger partial charge in [0.2, 0.25) is 0 Å². The minimum absolute atomic E-state index is 0.0685. The molecular formula is C29H38O2. The third kappa shape index (κ3) is 3.33. The van der Waals surface area contributed by atoms with Crippen LogP contribution in [0.3, 0.4) is 0 Å². The number of aryl methyl sites for hydroxylation is 1. The van der Waals surface area contributed by atoms with Crippen molar-refractivity contribution >= 4 is 5.97 Å². The molecule has 1 aromatic carbocycles. The summed E-state index contributed by atoms with van der Waals surface area (Å²) in [5.41, 5.74) is 6.02. The Morgan fingerprint density at radius 2 is 1.84 bits per heavy atom. The molecule has 31 heavy (non-hydrogen) atoms. The summed E-state index contributed by atoms with van der Waals surface area (Å²) in [6.45, 7) is 9.34. The predicted octanol–water partition coefficient (Wildman–Crippen LogP) is 7.43. The van der Waals surface area contributed by atoms with Crippen LogP contribution >= 0.6 is 0 Å². The minimum Gasteiger partial charge on any atom is -0.459 e. The van der Waals surface area contributed by atoms with Gasteiger partial charge in [-0.2, -0.15) is 0 Å². The Bertz CT molecular complexity index is 923. The van der Waals surface area contributed by atoms with Crippen molar-refractivity contribution < 1.29 is 9.53 Å². The van der Waals surface area contributed by atoms with Gasteiger partial charge in [0.15, 0.2) is 0 Å². The molecule has 166 valence electrons. The van der Waals surface area contributed by atoms with E-state index in [1.165, 1.54) is 37.7 Å². The number of allylic oxidation sites excluding steroid dienone is 4. The standard InChI is InChI=1S/C29H38O2/c1-5-21-11-13-25-24-12-10-22-18-23(31-27(30)20-8-6-19(2)7-9-20)14-16-29(22,4)26(24)15-17-28(21,25)3/h5-9,15,22-25H,10-14,16-18H2,1-4H3/b21-5-/t22-,23+,24+,25+,28-,29+/m1/s1. The first-order chi connectivity index (χ1) is 14.8. The summed E-state index contributed by atoms with van der Waals surface area (Å²) in [6.07, 6.45) is 14.8. The highest BCUT2D eigenvalue weighted by Gasteiger charge is 2.55. The molecule has 1 aromatic rings. The second-order valence-corrected chi connectivity index (χ2v) is 11.2. The third-order valence-electron chi connectivity index (χ3n) is 9.74. The Labute approximate surface area is 188 Å². The lowest BCUT2D eigenvalue weighted by Crippen LogP contribution is -2.48. The number of rotatable bonds is 2. The molecule has 6 atom stereocenters. The number of carbonyl (C=O) groups is 1. The predicted molar refractivity (Wildman–Crippen MR) is 126 cm³/mol. The molecule has 0 unspecified atom stereocenters. The molecule has 0 N–H and O–H groups in total. The number of benzene rings is 1. The highest BCUT2D eigenvalue weighted by atomic mass is 16.5. The van der Waals surface area contributed by atoms with Crippen molar-refractivity contribution in [3.8, 4) is 0 Å². The molecule has 3 saturated carbocycles. The Morgan fingerprint density at radius 1 is 1.06 bits per heavy atom. The number of ether oxygens (including phenoxy) is 1. The molecule has 0 aliphatic heterocycles. The van der Waals surface area contributed by atoms with E-state index in [2.05, 4.69) is 32.9 Å². The van der Waals surface area contributed by atoms with Gasteiger partial charge >= 0.3 is 5.97 Å². The zero-order chi connectivity index (χ0) is 21.8. The van der Waals surface area contributed by atoms with Gasteiger partial charge in [0.1, 0.15) is 6.10 Å². The number of hydrogen-bond acceptors (Lipinski definition) is 2. The zero-order valence-electron chi connectivity index (χ0n) is 19.7. The molecule has 2 nitrogen and oxygen atoms in total. The summed E-state index contributed by atoms with van der Waals surface area (Å²) in [5.74, 6) is 2.09. The zero-order valence-corrected chi connectivity index (χ0v) is 19.7. The second-order valence-electron chi connectivity index (χ2n) is 11.2. The molecule has 0 aromatic heterocycles. The smallest absolute Gasteiger partial charge is 0.338 e. The molecule has 4 aliphatic rings. The molecular weight excluding hydrogens is 380 g/mol. The summed E-state index contributed by atoms with van der Waals surface area (Å²) >= 11 is 0. The average Bonchev–Trinajstić information content (AvgIpc) is 3.10. The summed E-state index contributed by atoms with van der Waals surface area (Å²) in [6, 6.07) is 7.75. The Kier molecular flexibility index (Phi) is 5.19. The van der Waals surface area contributed by atoms with Crippen molar-refractivity contribution in [3.63, 3.8) is 0 Å². The van der Waals surface area contributed by atoms with Crippen LogP contribution in [0.1, 0.15) is 88.1 Å². The fraction of sp³-hybridized carbons (Fsp3) is 0.621. The van der Waals surface area contributed by atoms with E-state index in [1.807, 2.05) is 31.2 Å². The molecule has 3 fully saturated rings. The van der Waals surface area contributed by atoms with Gasteiger partial charge in [0, 0.05) is 0 Å². The molecule has 4 aliphatic carbocycles. The van der Waals surface area contributed by atoms with Crippen LogP contribution in [0.4, 0.5) is 0 Å². The molecule has 0 amide bonds. The van der Waals surface area contributed by atoms with Gasteiger partial charge in [-0.3, -0.25) is 0 Å². The van der Waals surface area contributed by atoms with Gasteiger partial charge in [-0.05, 0) is 106 Å². The van der Waals surface area contributed by atoms with Crippen LogP contribution in [0.15, 0.2) is 47.6 Å². The lowest BCUT2D eigenvalue weighted by Gasteiger charge is -2.56. The molecule has 0 heterocycles. The van der Waals surface area contributed by atoms with Gasteiger partial charge in [-0.25, -0.2) is 4.79 Å². The van der Waals surface area contributed by atoms with Crippen LogP contribution in [0, 0.1) is 35.5 Å². The molecule has 5 rings (SSSR count). The van der Waals surface area contributed by atoms with Gasteiger partial charge < -0.3 is 4.74 Å². The Hall–Kier alpha value is -1.83. The lowest BCUT2D eigenvalue weighted by atomic mass is 9.49. The van der Waals surface area contributed by atoms with Crippen molar-refractivity contribution in [2.75, 3.05) is 0 Å². The van der Waals surface area contributed by atoms with E-state index in [9.17, 15) is 4.79 Å². The number of hydrogen-bond donors (Lipinski definition) is 0. The molecule has 0 spiro atoms. The summed E-state index contributed by atoms with van der Waals surface area (Å²) < 4.78 is 6.00. The summed E-state index contributed by atoms with van der Waals surface area (Å²) in [7, 11) is 0. The number of esters is 1. The highest BCUT2D eigenvalue weighted by Crippen LogP contribution is 2.65. The Morgan fingerprint density at radius 3 is 2.58 bits per heavy atom. The van der Waals surface area contributed by atoms with Crippen molar-refractivity contribution in [1.82, 2.24) is 0 Å². The Balaban J connectivity index is 1.31. The third-order valence-corrected chi connectivity index (χ3v) is 9.74. The highest BCUT2D eigenvalue weighted by molar-refractivity contribution is 5.89. The average molecular weight is 419 g/mol. The monoisotopic (exact) mass is 418 g/mol. The van der Waals surface area contributed by atoms with Crippen molar-refractivity contribution in [1.29, 1.82) is 0 Å². The van der Waals surface area contributed by atoms with E-state index < -0.39 is 0 Å². The molecule has 0 saturated heterocycles. The fourth-order valence-corrected chi connectivity index (χ4v) is 7.83. The van der Waals surface area contributed by atoms with Crippen LogP contribution in [-0.4, -0.2) is 12.1 Å². The van der Waals surface area contributed by atoms with Crippen molar-refractivity contribution in [2.24, 2.45) is 28.6 Å². The van der Waals surface area contributed by atoms with E-state index >= 15 is 0 Å². The maximum Gasteiger partial charge on any atom is 0.338 e. The largest absolute Gasteiger partial charge is 0.459 e. The first kappa shape index (κ1) is 21.0. The van der Waals surface area contributed by atoms with E-state index in [0.717, 1.165) is 31.1 Å².